The first kappa shape index (κ1) is 24.1. The Hall–Kier alpha value is -4.28. The number of anilines is 1. The molecular formula is C28H30N8O2. The maximum Gasteiger partial charge on any atom is 0.140 e. The van der Waals surface area contributed by atoms with Gasteiger partial charge in [0, 0.05) is 63.4 Å². The molecule has 1 saturated heterocycles. The van der Waals surface area contributed by atoms with Crippen LogP contribution in [0, 0.1) is 0 Å². The highest BCUT2D eigenvalue weighted by Crippen LogP contribution is 2.24. The Kier molecular flexibility index (Phi) is 6.97. The quantitative estimate of drug-likeness (QED) is 0.320. The van der Waals surface area contributed by atoms with Crippen LogP contribution in [0.2, 0.25) is 0 Å². The number of hydrogen-bond donors (Lipinski definition) is 1. The summed E-state index contributed by atoms with van der Waals surface area (Å²) in [5.41, 5.74) is 5.90. The molecule has 1 aromatic carbocycles. The lowest BCUT2D eigenvalue weighted by Gasteiger charge is -2.26. The third-order valence-electron chi connectivity index (χ3n) is 6.59. The van der Waals surface area contributed by atoms with E-state index in [0.717, 1.165) is 71.4 Å². The summed E-state index contributed by atoms with van der Waals surface area (Å²) in [6.07, 6.45) is 10.3. The second-order valence-corrected chi connectivity index (χ2v) is 9.33. The van der Waals surface area contributed by atoms with Crippen molar-refractivity contribution in [2.24, 2.45) is 7.05 Å². The molecule has 5 heterocycles. The van der Waals surface area contributed by atoms with E-state index in [1.165, 1.54) is 0 Å². The number of imidazole rings is 1. The van der Waals surface area contributed by atoms with Crippen molar-refractivity contribution < 1.29 is 9.47 Å². The average molecular weight is 511 g/mol. The predicted molar refractivity (Wildman–Crippen MR) is 145 cm³/mol. The average Bonchev–Trinajstić information content (AvgIpc) is 3.59. The Morgan fingerprint density at radius 2 is 1.95 bits per heavy atom. The van der Waals surface area contributed by atoms with E-state index in [9.17, 15) is 0 Å². The zero-order valence-corrected chi connectivity index (χ0v) is 21.3. The fourth-order valence-corrected chi connectivity index (χ4v) is 4.53. The molecule has 10 nitrogen and oxygen atoms in total. The van der Waals surface area contributed by atoms with Gasteiger partial charge in [-0.25, -0.2) is 15.0 Å². The first-order valence-corrected chi connectivity index (χ1v) is 12.8. The van der Waals surface area contributed by atoms with Gasteiger partial charge in [0.15, 0.2) is 0 Å². The van der Waals surface area contributed by atoms with Crippen molar-refractivity contribution in [2.45, 2.75) is 13.0 Å². The lowest BCUT2D eigenvalue weighted by molar-refractivity contribution is -0.0181. The molecule has 0 aliphatic carbocycles. The molecule has 0 bridgehead atoms. The lowest BCUT2D eigenvalue weighted by atomic mass is 10.1. The van der Waals surface area contributed by atoms with Crippen LogP contribution < -0.4 is 10.1 Å². The molecule has 1 aliphatic rings. The van der Waals surface area contributed by atoms with Crippen molar-refractivity contribution in [3.05, 3.63) is 79.1 Å². The molecule has 0 radical (unpaired) electrons. The van der Waals surface area contributed by atoms with Crippen LogP contribution in [0.1, 0.15) is 12.0 Å². The van der Waals surface area contributed by atoms with E-state index in [4.69, 9.17) is 9.47 Å². The summed E-state index contributed by atoms with van der Waals surface area (Å²) in [7, 11) is 1.92. The highest BCUT2D eigenvalue weighted by atomic mass is 16.5. The monoisotopic (exact) mass is 510 g/mol. The van der Waals surface area contributed by atoms with Crippen LogP contribution in [0.3, 0.4) is 0 Å². The molecule has 1 fully saturated rings. The van der Waals surface area contributed by atoms with Crippen molar-refractivity contribution in [1.82, 2.24) is 34.0 Å². The van der Waals surface area contributed by atoms with E-state index >= 15 is 0 Å². The zero-order valence-electron chi connectivity index (χ0n) is 21.3. The number of hydrogen-bond acceptors (Lipinski definition) is 8. The van der Waals surface area contributed by atoms with Gasteiger partial charge in [0.2, 0.25) is 0 Å². The summed E-state index contributed by atoms with van der Waals surface area (Å²) >= 11 is 0. The fraction of sp³-hybridized carbons (Fsp3) is 0.286. The maximum absolute atomic E-state index is 5.97. The minimum Gasteiger partial charge on any atom is -0.492 e. The summed E-state index contributed by atoms with van der Waals surface area (Å²) in [6.45, 7) is 4.69. The fourth-order valence-electron chi connectivity index (χ4n) is 4.53. The van der Waals surface area contributed by atoms with E-state index in [0.29, 0.717) is 19.9 Å². The molecule has 0 amide bonds. The Morgan fingerprint density at radius 3 is 2.76 bits per heavy atom. The molecule has 1 N–H and O–H groups in total. The first-order chi connectivity index (χ1) is 18.7. The SMILES string of the molecule is Cn1cc(-c2ccc(CNc3cc(-c4cnc5cc(OCCN6CCCOC6)ccn45)ncn3)cc2)cn1. The van der Waals surface area contributed by atoms with Crippen molar-refractivity contribution in [3.63, 3.8) is 0 Å². The minimum atomic E-state index is 0.611. The number of aryl methyl sites for hydroxylation is 1. The molecule has 0 atom stereocenters. The van der Waals surface area contributed by atoms with Gasteiger partial charge in [-0.1, -0.05) is 24.3 Å². The number of ether oxygens (including phenoxy) is 2. The predicted octanol–water partition coefficient (Wildman–Crippen LogP) is 3.86. The van der Waals surface area contributed by atoms with Crippen molar-refractivity contribution in [3.8, 4) is 28.3 Å². The molecule has 0 saturated carbocycles. The Labute approximate surface area is 220 Å². The summed E-state index contributed by atoms with van der Waals surface area (Å²) in [5, 5.41) is 7.65. The highest BCUT2D eigenvalue weighted by Gasteiger charge is 2.12. The second-order valence-electron chi connectivity index (χ2n) is 9.33. The number of rotatable bonds is 9. The summed E-state index contributed by atoms with van der Waals surface area (Å²) < 4.78 is 15.3. The number of nitrogens with one attached hydrogen (secondary N) is 1. The summed E-state index contributed by atoms with van der Waals surface area (Å²) in [4.78, 5) is 15.7. The topological polar surface area (TPSA) is 94.6 Å². The van der Waals surface area contributed by atoms with E-state index in [1.54, 1.807) is 11.0 Å². The van der Waals surface area contributed by atoms with Crippen LogP contribution in [-0.4, -0.2) is 67.1 Å². The van der Waals surface area contributed by atoms with E-state index in [2.05, 4.69) is 54.5 Å². The Balaban J connectivity index is 1.09. The molecule has 194 valence electrons. The van der Waals surface area contributed by atoms with E-state index in [1.807, 2.05) is 54.4 Å². The number of pyridine rings is 1. The number of aromatic nitrogens is 6. The Bertz CT molecular complexity index is 1510. The molecular weight excluding hydrogens is 480 g/mol. The van der Waals surface area contributed by atoms with Crippen LogP contribution in [0.5, 0.6) is 5.75 Å². The molecule has 10 heteroatoms. The van der Waals surface area contributed by atoms with Gasteiger partial charge in [-0.15, -0.1) is 0 Å². The molecule has 1 aliphatic heterocycles. The van der Waals surface area contributed by atoms with E-state index < -0.39 is 0 Å². The van der Waals surface area contributed by atoms with Gasteiger partial charge in [-0.05, 0) is 23.6 Å². The first-order valence-electron chi connectivity index (χ1n) is 12.8. The summed E-state index contributed by atoms with van der Waals surface area (Å²) in [5.74, 6) is 1.55. The number of benzene rings is 1. The third kappa shape index (κ3) is 5.51. The molecule has 0 spiro atoms. The van der Waals surface area contributed by atoms with Gasteiger partial charge in [0.25, 0.3) is 0 Å². The molecule has 4 aromatic heterocycles. The lowest BCUT2D eigenvalue weighted by Crippen LogP contribution is -2.36. The molecule has 6 rings (SSSR count). The van der Waals surface area contributed by atoms with Crippen LogP contribution in [-0.2, 0) is 18.3 Å². The van der Waals surface area contributed by atoms with Crippen molar-refractivity contribution >= 4 is 11.5 Å². The van der Waals surface area contributed by atoms with Crippen LogP contribution in [0.25, 0.3) is 28.2 Å². The highest BCUT2D eigenvalue weighted by molar-refractivity contribution is 5.64. The van der Waals surface area contributed by atoms with Gasteiger partial charge in [-0.2, -0.15) is 5.10 Å². The van der Waals surface area contributed by atoms with Gasteiger partial charge < -0.3 is 14.8 Å². The largest absolute Gasteiger partial charge is 0.492 e. The van der Waals surface area contributed by atoms with Crippen molar-refractivity contribution in [2.75, 3.05) is 38.4 Å². The third-order valence-corrected chi connectivity index (χ3v) is 6.59. The standard InChI is InChI=1S/C28H30N8O2/c1-34-18-23(16-33-34)22-5-3-21(4-6-22)15-29-27-14-25(31-19-32-27)26-17-30-28-13-24(7-9-36(26)28)38-12-10-35-8-2-11-37-20-35/h3-7,9,13-14,16-19H,2,8,10-12,15,20H2,1H3,(H,29,31,32). The Morgan fingerprint density at radius 1 is 1.03 bits per heavy atom. The minimum absolute atomic E-state index is 0.611. The second kappa shape index (κ2) is 11.0. The van der Waals surface area contributed by atoms with Crippen LogP contribution in [0.4, 0.5) is 5.82 Å². The normalized spacial score (nSPS) is 14.1. The van der Waals surface area contributed by atoms with Crippen LogP contribution in [0.15, 0.2) is 73.6 Å². The van der Waals surface area contributed by atoms with Gasteiger partial charge >= 0.3 is 0 Å². The number of fused-ring (bicyclic) bond motifs is 1. The summed E-state index contributed by atoms with van der Waals surface area (Å²) in [6, 6.07) is 14.3. The van der Waals surface area contributed by atoms with Gasteiger partial charge in [0.05, 0.1) is 30.5 Å². The van der Waals surface area contributed by atoms with Crippen LogP contribution >= 0.6 is 0 Å². The van der Waals surface area contributed by atoms with E-state index in [-0.39, 0.29) is 0 Å². The molecule has 0 unspecified atom stereocenters. The molecule has 38 heavy (non-hydrogen) atoms. The molecule has 5 aromatic rings. The van der Waals surface area contributed by atoms with Gasteiger partial charge in [0.1, 0.15) is 30.1 Å². The maximum atomic E-state index is 5.97. The zero-order chi connectivity index (χ0) is 25.7. The smallest absolute Gasteiger partial charge is 0.140 e. The van der Waals surface area contributed by atoms with Crippen molar-refractivity contribution in [1.29, 1.82) is 0 Å². The van der Waals surface area contributed by atoms with Gasteiger partial charge in [-0.3, -0.25) is 14.0 Å². The number of nitrogens with zero attached hydrogens (tertiary/aromatic N) is 7.